The Morgan fingerprint density at radius 3 is 2.43 bits per heavy atom. The van der Waals surface area contributed by atoms with Crippen molar-refractivity contribution >= 4 is 33.0 Å². The normalized spacial score (nSPS) is 16.0. The minimum absolute atomic E-state index is 0.211. The standard InChI is InChI=1S/C15H24N4O2S2/c16-10-11-17-23(20,21)14-8-6-13(7-9-14)19-15(22)18-12-4-2-1-3-5-12/h6-9,12,17H,1-5,10-11,16H2,(H2,18,19,22). The fourth-order valence-electron chi connectivity index (χ4n) is 2.59. The number of rotatable bonds is 6. The highest BCUT2D eigenvalue weighted by atomic mass is 32.2. The number of anilines is 1. The summed E-state index contributed by atoms with van der Waals surface area (Å²) in [6.07, 6.45) is 6.06. The van der Waals surface area contributed by atoms with Gasteiger partial charge in [0.25, 0.3) is 0 Å². The minimum atomic E-state index is -3.50. The van der Waals surface area contributed by atoms with Crippen molar-refractivity contribution in [1.82, 2.24) is 10.0 Å². The summed E-state index contributed by atoms with van der Waals surface area (Å²) in [7, 11) is -3.50. The molecule has 1 saturated carbocycles. The van der Waals surface area contributed by atoms with Crippen LogP contribution >= 0.6 is 12.2 Å². The number of nitrogens with two attached hydrogens (primary N) is 1. The summed E-state index contributed by atoms with van der Waals surface area (Å²) in [6.45, 7) is 0.484. The Morgan fingerprint density at radius 1 is 1.17 bits per heavy atom. The average molecular weight is 357 g/mol. The van der Waals surface area contributed by atoms with E-state index in [1.165, 1.54) is 19.3 Å². The van der Waals surface area contributed by atoms with E-state index in [-0.39, 0.29) is 18.0 Å². The quantitative estimate of drug-likeness (QED) is 0.578. The van der Waals surface area contributed by atoms with Crippen molar-refractivity contribution in [3.8, 4) is 0 Å². The lowest BCUT2D eigenvalue weighted by Gasteiger charge is -2.24. The van der Waals surface area contributed by atoms with Crippen LogP contribution in [0.2, 0.25) is 0 Å². The van der Waals surface area contributed by atoms with Crippen molar-refractivity contribution in [2.24, 2.45) is 5.73 Å². The molecule has 0 atom stereocenters. The van der Waals surface area contributed by atoms with Gasteiger partial charge in [0.1, 0.15) is 0 Å². The minimum Gasteiger partial charge on any atom is -0.360 e. The molecular weight excluding hydrogens is 332 g/mol. The van der Waals surface area contributed by atoms with E-state index >= 15 is 0 Å². The van der Waals surface area contributed by atoms with E-state index in [4.69, 9.17) is 18.0 Å². The summed E-state index contributed by atoms with van der Waals surface area (Å²) in [5, 5.41) is 6.99. The van der Waals surface area contributed by atoms with Crippen molar-refractivity contribution in [2.75, 3.05) is 18.4 Å². The Balaban J connectivity index is 1.90. The lowest BCUT2D eigenvalue weighted by Crippen LogP contribution is -2.38. The molecular formula is C15H24N4O2S2. The second-order valence-electron chi connectivity index (χ2n) is 5.64. The first-order valence-corrected chi connectivity index (χ1v) is 9.78. The maximum absolute atomic E-state index is 12.0. The fraction of sp³-hybridized carbons (Fsp3) is 0.533. The molecule has 0 spiro atoms. The lowest BCUT2D eigenvalue weighted by molar-refractivity contribution is 0.415. The van der Waals surface area contributed by atoms with Crippen molar-refractivity contribution < 1.29 is 8.42 Å². The Bertz CT molecular complexity index is 611. The first-order chi connectivity index (χ1) is 11.0. The molecule has 5 N–H and O–H groups in total. The SMILES string of the molecule is NCCNS(=O)(=O)c1ccc(NC(=S)NC2CCCCC2)cc1. The van der Waals surface area contributed by atoms with Crippen molar-refractivity contribution in [1.29, 1.82) is 0 Å². The van der Waals surface area contributed by atoms with Crippen LogP contribution in [0.5, 0.6) is 0 Å². The zero-order chi connectivity index (χ0) is 16.7. The number of sulfonamides is 1. The highest BCUT2D eigenvalue weighted by Gasteiger charge is 2.15. The summed E-state index contributed by atoms with van der Waals surface area (Å²) in [6, 6.07) is 6.93. The van der Waals surface area contributed by atoms with Gasteiger partial charge >= 0.3 is 0 Å². The molecule has 8 heteroatoms. The molecule has 128 valence electrons. The van der Waals surface area contributed by atoms with Gasteiger partial charge < -0.3 is 16.4 Å². The van der Waals surface area contributed by atoms with Gasteiger partial charge in [0.05, 0.1) is 4.90 Å². The van der Waals surface area contributed by atoms with Crippen LogP contribution in [0.1, 0.15) is 32.1 Å². The van der Waals surface area contributed by atoms with Gasteiger partial charge in [-0.05, 0) is 49.3 Å². The molecule has 23 heavy (non-hydrogen) atoms. The topological polar surface area (TPSA) is 96.2 Å². The molecule has 0 saturated heterocycles. The highest BCUT2D eigenvalue weighted by molar-refractivity contribution is 7.89. The van der Waals surface area contributed by atoms with Crippen molar-refractivity contribution in [3.63, 3.8) is 0 Å². The number of benzene rings is 1. The Kier molecular flexibility index (Phi) is 6.76. The van der Waals surface area contributed by atoms with Gasteiger partial charge in [-0.25, -0.2) is 13.1 Å². The average Bonchev–Trinajstić information content (AvgIpc) is 2.54. The van der Waals surface area contributed by atoms with Crippen LogP contribution in [0.15, 0.2) is 29.2 Å². The predicted molar refractivity (Wildman–Crippen MR) is 96.9 cm³/mol. The van der Waals surface area contributed by atoms with Crippen molar-refractivity contribution in [2.45, 2.75) is 43.0 Å². The molecule has 0 heterocycles. The number of hydrogen-bond donors (Lipinski definition) is 4. The van der Waals surface area contributed by atoms with Crippen LogP contribution in [-0.2, 0) is 10.0 Å². The predicted octanol–water partition coefficient (Wildman–Crippen LogP) is 1.54. The van der Waals surface area contributed by atoms with E-state index in [0.717, 1.165) is 18.5 Å². The molecule has 0 amide bonds. The molecule has 0 radical (unpaired) electrons. The van der Waals surface area contributed by atoms with Crippen LogP contribution in [0.3, 0.4) is 0 Å². The van der Waals surface area contributed by atoms with Crippen LogP contribution in [0.25, 0.3) is 0 Å². The molecule has 1 fully saturated rings. The number of hydrogen-bond acceptors (Lipinski definition) is 4. The van der Waals surface area contributed by atoms with E-state index in [0.29, 0.717) is 11.2 Å². The Labute approximate surface area is 143 Å². The smallest absolute Gasteiger partial charge is 0.240 e. The lowest BCUT2D eigenvalue weighted by atomic mass is 9.96. The third-order valence-corrected chi connectivity index (χ3v) is 5.50. The maximum atomic E-state index is 12.0. The zero-order valence-corrected chi connectivity index (χ0v) is 14.7. The molecule has 1 aliphatic carbocycles. The second kappa shape index (κ2) is 8.58. The third-order valence-electron chi connectivity index (χ3n) is 3.80. The van der Waals surface area contributed by atoms with Gasteiger partial charge in [0.2, 0.25) is 10.0 Å². The Morgan fingerprint density at radius 2 is 1.83 bits per heavy atom. The number of thiocarbonyl (C=S) groups is 1. The van der Waals surface area contributed by atoms with Gasteiger partial charge in [-0.3, -0.25) is 0 Å². The molecule has 6 nitrogen and oxygen atoms in total. The summed E-state index contributed by atoms with van der Waals surface area (Å²) >= 11 is 5.31. The molecule has 0 bridgehead atoms. The molecule has 0 unspecified atom stereocenters. The summed E-state index contributed by atoms with van der Waals surface area (Å²) in [5.74, 6) is 0. The van der Waals surface area contributed by atoms with E-state index < -0.39 is 10.0 Å². The molecule has 2 rings (SSSR count). The fourth-order valence-corrected chi connectivity index (χ4v) is 3.93. The van der Waals surface area contributed by atoms with E-state index in [2.05, 4.69) is 15.4 Å². The van der Waals surface area contributed by atoms with Crippen LogP contribution in [0.4, 0.5) is 5.69 Å². The maximum Gasteiger partial charge on any atom is 0.240 e. The molecule has 1 aromatic carbocycles. The summed E-state index contributed by atoms with van der Waals surface area (Å²) in [4.78, 5) is 0.211. The summed E-state index contributed by atoms with van der Waals surface area (Å²) in [5.41, 5.74) is 6.07. The Hall–Kier alpha value is -1.22. The second-order valence-corrected chi connectivity index (χ2v) is 7.82. The van der Waals surface area contributed by atoms with Crippen LogP contribution in [-0.4, -0.2) is 32.7 Å². The largest absolute Gasteiger partial charge is 0.360 e. The molecule has 1 aromatic rings. The molecule has 0 aromatic heterocycles. The zero-order valence-electron chi connectivity index (χ0n) is 13.0. The van der Waals surface area contributed by atoms with E-state index in [9.17, 15) is 8.42 Å². The van der Waals surface area contributed by atoms with E-state index in [1.807, 2.05) is 0 Å². The van der Waals surface area contributed by atoms with Gasteiger partial charge in [0.15, 0.2) is 5.11 Å². The van der Waals surface area contributed by atoms with Gasteiger partial charge in [-0.15, -0.1) is 0 Å². The highest BCUT2D eigenvalue weighted by Crippen LogP contribution is 2.18. The first-order valence-electron chi connectivity index (χ1n) is 7.88. The third kappa shape index (κ3) is 5.72. The van der Waals surface area contributed by atoms with Crippen LogP contribution in [0, 0.1) is 0 Å². The van der Waals surface area contributed by atoms with Crippen molar-refractivity contribution in [3.05, 3.63) is 24.3 Å². The van der Waals surface area contributed by atoms with Gasteiger partial charge in [-0.1, -0.05) is 19.3 Å². The van der Waals surface area contributed by atoms with E-state index in [1.54, 1.807) is 24.3 Å². The summed E-state index contributed by atoms with van der Waals surface area (Å²) < 4.78 is 26.4. The number of nitrogens with one attached hydrogen (secondary N) is 3. The first kappa shape index (κ1) is 18.1. The van der Waals surface area contributed by atoms with Crippen LogP contribution < -0.4 is 21.1 Å². The van der Waals surface area contributed by atoms with Gasteiger partial charge in [0, 0.05) is 24.8 Å². The molecule has 1 aliphatic rings. The molecule has 0 aliphatic heterocycles. The van der Waals surface area contributed by atoms with Gasteiger partial charge in [-0.2, -0.15) is 0 Å². The monoisotopic (exact) mass is 356 g/mol.